The van der Waals surface area contributed by atoms with Gasteiger partial charge in [-0.2, -0.15) is 0 Å². The minimum atomic E-state index is -0.855. The van der Waals surface area contributed by atoms with Gasteiger partial charge in [-0.3, -0.25) is 0 Å². The van der Waals surface area contributed by atoms with E-state index < -0.39 is 5.97 Å². The summed E-state index contributed by atoms with van der Waals surface area (Å²) < 4.78 is 0. The normalized spacial score (nSPS) is 9.00. The number of rotatable bonds is 4. The molecule has 0 radical (unpaired) electrons. The van der Waals surface area contributed by atoms with E-state index in [1.165, 1.54) is 13.1 Å². The van der Waals surface area contributed by atoms with Crippen molar-refractivity contribution in [3.05, 3.63) is 12.2 Å². The summed E-state index contributed by atoms with van der Waals surface area (Å²) in [4.78, 5) is 9.88. The summed E-state index contributed by atoms with van der Waals surface area (Å²) in [5, 5.41) is 8.13. The molecular weight excluding hydrogens is 142 g/mol. The zero-order chi connectivity index (χ0) is 9.11. The maximum absolute atomic E-state index is 9.88. The molecule has 0 aromatic heterocycles. The molecule has 0 atom stereocenters. The van der Waals surface area contributed by atoms with E-state index in [0.29, 0.717) is 0 Å². The zero-order valence-corrected chi connectivity index (χ0v) is 7.21. The Labute approximate surface area is 67.9 Å². The molecule has 0 amide bonds. The smallest absolute Gasteiger partial charge is 0.327 e. The first-order valence-electron chi connectivity index (χ1n) is 3.74. The third kappa shape index (κ3) is 17.6. The van der Waals surface area contributed by atoms with Crippen molar-refractivity contribution in [3.8, 4) is 0 Å². The first kappa shape index (κ1) is 12.8. The lowest BCUT2D eigenvalue weighted by atomic mass is 10.2. The molecule has 0 aromatic carbocycles. The van der Waals surface area contributed by atoms with Crippen LogP contribution in [-0.4, -0.2) is 18.1 Å². The highest BCUT2D eigenvalue weighted by atomic mass is 16.4. The predicted octanol–water partition coefficient (Wildman–Crippen LogP) is 1.39. The molecule has 0 heterocycles. The molecule has 0 aliphatic carbocycles. The topological polar surface area (TPSA) is 63.3 Å². The molecule has 0 rings (SSSR count). The molecule has 0 bridgehead atoms. The fourth-order valence-electron chi connectivity index (χ4n) is 0.506. The second-order valence-corrected chi connectivity index (χ2v) is 1.88. The Bertz CT molecular complexity index is 111. The molecule has 0 aliphatic heterocycles. The maximum Gasteiger partial charge on any atom is 0.327 e. The van der Waals surface area contributed by atoms with E-state index in [1.54, 1.807) is 6.08 Å². The van der Waals surface area contributed by atoms with Crippen molar-refractivity contribution in [1.29, 1.82) is 0 Å². The van der Waals surface area contributed by atoms with Gasteiger partial charge in [-0.05, 0) is 13.5 Å². The van der Waals surface area contributed by atoms with Gasteiger partial charge in [0.2, 0.25) is 0 Å². The number of nitrogens with two attached hydrogens (primary N) is 1. The second-order valence-electron chi connectivity index (χ2n) is 1.88. The third-order valence-corrected chi connectivity index (χ3v) is 0.985. The lowest BCUT2D eigenvalue weighted by molar-refractivity contribution is -0.131. The van der Waals surface area contributed by atoms with Crippen LogP contribution in [0.25, 0.3) is 0 Å². The minimum absolute atomic E-state index is 0.855. The lowest BCUT2D eigenvalue weighted by Gasteiger charge is -1.85. The highest BCUT2D eigenvalue weighted by Crippen LogP contribution is 1.93. The Morgan fingerprint density at radius 3 is 2.45 bits per heavy atom. The molecule has 3 nitrogen and oxygen atoms in total. The van der Waals surface area contributed by atoms with Gasteiger partial charge >= 0.3 is 5.97 Å². The van der Waals surface area contributed by atoms with Crippen LogP contribution in [0.4, 0.5) is 0 Å². The van der Waals surface area contributed by atoms with Gasteiger partial charge in [0.05, 0.1) is 0 Å². The van der Waals surface area contributed by atoms with Gasteiger partial charge in [0.15, 0.2) is 0 Å². The molecule has 0 aliphatic rings. The average molecular weight is 159 g/mol. The standard InChI is InChI=1S/C7H12O2.CH5N/c1-2-3-4-5-6-7(8)9;1-2/h5-6H,2-4H2,1H3,(H,8,9);2H2,1H3. The zero-order valence-electron chi connectivity index (χ0n) is 7.21. The summed E-state index contributed by atoms with van der Waals surface area (Å²) >= 11 is 0. The van der Waals surface area contributed by atoms with Crippen molar-refractivity contribution in [2.24, 2.45) is 5.73 Å². The van der Waals surface area contributed by atoms with Gasteiger partial charge in [0, 0.05) is 6.08 Å². The SMILES string of the molecule is CCCCC=CC(=O)O.CN. The van der Waals surface area contributed by atoms with Crippen LogP contribution < -0.4 is 5.73 Å². The van der Waals surface area contributed by atoms with Crippen LogP contribution in [0.15, 0.2) is 12.2 Å². The van der Waals surface area contributed by atoms with E-state index in [0.717, 1.165) is 19.3 Å². The van der Waals surface area contributed by atoms with E-state index in [-0.39, 0.29) is 0 Å². The van der Waals surface area contributed by atoms with Crippen LogP contribution in [0, 0.1) is 0 Å². The molecule has 0 aromatic rings. The van der Waals surface area contributed by atoms with Crippen LogP contribution in [0.1, 0.15) is 26.2 Å². The van der Waals surface area contributed by atoms with Gasteiger partial charge in [0.25, 0.3) is 0 Å². The van der Waals surface area contributed by atoms with E-state index in [1.807, 2.05) is 0 Å². The number of unbranched alkanes of at least 4 members (excludes halogenated alkanes) is 2. The van der Waals surface area contributed by atoms with Crippen LogP contribution in [-0.2, 0) is 4.79 Å². The highest BCUT2D eigenvalue weighted by molar-refractivity contribution is 5.79. The van der Waals surface area contributed by atoms with Crippen molar-refractivity contribution < 1.29 is 9.90 Å². The molecule has 0 saturated carbocycles. The molecule has 0 fully saturated rings. The minimum Gasteiger partial charge on any atom is -0.478 e. The first-order chi connectivity index (χ1) is 5.27. The summed E-state index contributed by atoms with van der Waals surface area (Å²) in [6.45, 7) is 2.08. The van der Waals surface area contributed by atoms with Crippen molar-refractivity contribution >= 4 is 5.97 Å². The Balaban J connectivity index is 0. The Kier molecular flexibility index (Phi) is 13.9. The molecule has 11 heavy (non-hydrogen) atoms. The van der Waals surface area contributed by atoms with Crippen LogP contribution >= 0.6 is 0 Å². The number of carbonyl (C=O) groups is 1. The number of allylic oxidation sites excluding steroid dienone is 1. The molecule has 3 heteroatoms. The molecular formula is C8H17NO2. The lowest BCUT2D eigenvalue weighted by Crippen LogP contribution is -1.85. The van der Waals surface area contributed by atoms with E-state index in [2.05, 4.69) is 12.7 Å². The number of carboxylic acid groups (broad SMARTS) is 1. The first-order valence-corrected chi connectivity index (χ1v) is 3.74. The largest absolute Gasteiger partial charge is 0.478 e. The fraction of sp³-hybridized carbons (Fsp3) is 0.625. The Morgan fingerprint density at radius 2 is 2.09 bits per heavy atom. The second kappa shape index (κ2) is 11.9. The van der Waals surface area contributed by atoms with E-state index >= 15 is 0 Å². The van der Waals surface area contributed by atoms with E-state index in [4.69, 9.17) is 5.11 Å². The molecule has 0 unspecified atom stereocenters. The summed E-state index contributed by atoms with van der Waals surface area (Å²) in [5.41, 5.74) is 4.50. The van der Waals surface area contributed by atoms with Gasteiger partial charge in [-0.25, -0.2) is 4.79 Å². The van der Waals surface area contributed by atoms with Crippen molar-refractivity contribution in [2.75, 3.05) is 7.05 Å². The van der Waals surface area contributed by atoms with E-state index in [9.17, 15) is 4.79 Å². The maximum atomic E-state index is 9.88. The summed E-state index contributed by atoms with van der Waals surface area (Å²) in [6.07, 6.45) is 5.94. The highest BCUT2D eigenvalue weighted by Gasteiger charge is 1.83. The molecule has 0 spiro atoms. The third-order valence-electron chi connectivity index (χ3n) is 0.985. The van der Waals surface area contributed by atoms with Gasteiger partial charge in [-0.1, -0.05) is 25.8 Å². The van der Waals surface area contributed by atoms with Gasteiger partial charge < -0.3 is 10.8 Å². The van der Waals surface area contributed by atoms with Gasteiger partial charge in [0.1, 0.15) is 0 Å². The molecule has 0 saturated heterocycles. The summed E-state index contributed by atoms with van der Waals surface area (Å²) in [6, 6.07) is 0. The van der Waals surface area contributed by atoms with Crippen molar-refractivity contribution in [1.82, 2.24) is 0 Å². The number of hydrogen-bond acceptors (Lipinski definition) is 2. The molecule has 66 valence electrons. The van der Waals surface area contributed by atoms with Crippen molar-refractivity contribution in [2.45, 2.75) is 26.2 Å². The van der Waals surface area contributed by atoms with Crippen molar-refractivity contribution in [3.63, 3.8) is 0 Å². The predicted molar refractivity (Wildman–Crippen MR) is 46.4 cm³/mol. The van der Waals surface area contributed by atoms with Crippen LogP contribution in [0.2, 0.25) is 0 Å². The molecule has 3 N–H and O–H groups in total. The Morgan fingerprint density at radius 1 is 1.55 bits per heavy atom. The van der Waals surface area contributed by atoms with Gasteiger partial charge in [-0.15, -0.1) is 0 Å². The monoisotopic (exact) mass is 159 g/mol. The fourth-order valence-corrected chi connectivity index (χ4v) is 0.506. The number of hydrogen-bond donors (Lipinski definition) is 2. The summed E-state index contributed by atoms with van der Waals surface area (Å²) in [5.74, 6) is -0.855. The summed E-state index contributed by atoms with van der Waals surface area (Å²) in [7, 11) is 1.50. The quantitative estimate of drug-likeness (QED) is 0.481. The van der Waals surface area contributed by atoms with Crippen LogP contribution in [0.5, 0.6) is 0 Å². The average Bonchev–Trinajstić information content (AvgIpc) is 2.02. The number of carboxylic acids is 1. The van der Waals surface area contributed by atoms with Crippen LogP contribution in [0.3, 0.4) is 0 Å². The number of aliphatic carboxylic acids is 1. The Hall–Kier alpha value is -0.830.